The quantitative estimate of drug-likeness (QED) is 0.253. The van der Waals surface area contributed by atoms with Crippen LogP contribution in [-0.4, -0.2) is 59.6 Å². The molecule has 1 atom stereocenters. The second kappa shape index (κ2) is 12.1. The Balaban J connectivity index is 1.09. The number of fused-ring (bicyclic) bond motifs is 1. The number of aryl methyl sites for hydroxylation is 1. The number of hydrogen-bond donors (Lipinski definition) is 2. The summed E-state index contributed by atoms with van der Waals surface area (Å²) in [6.45, 7) is 5.80. The Bertz CT molecular complexity index is 1300. The molecule has 212 valence electrons. The molecule has 40 heavy (non-hydrogen) atoms. The molecule has 2 saturated heterocycles. The molecule has 9 heteroatoms. The van der Waals surface area contributed by atoms with Gasteiger partial charge in [0.1, 0.15) is 6.04 Å². The number of rotatable bonds is 10. The predicted molar refractivity (Wildman–Crippen MR) is 154 cm³/mol. The Morgan fingerprint density at radius 2 is 1.90 bits per heavy atom. The summed E-state index contributed by atoms with van der Waals surface area (Å²) < 4.78 is 0. The number of likely N-dealkylation sites (tertiary alicyclic amines) is 1. The van der Waals surface area contributed by atoms with Gasteiger partial charge in [-0.05, 0) is 98.5 Å². The fourth-order valence-corrected chi connectivity index (χ4v) is 6.65. The molecule has 0 aliphatic carbocycles. The lowest BCUT2D eigenvalue weighted by atomic mass is 9.74. The van der Waals surface area contributed by atoms with Gasteiger partial charge in [0, 0.05) is 29.2 Å². The average molecular weight is 565 g/mol. The van der Waals surface area contributed by atoms with Crippen molar-refractivity contribution < 1.29 is 19.2 Å². The number of halogens is 1. The second-order valence-corrected chi connectivity index (χ2v) is 11.9. The number of carbonyl (C=O) groups is 4. The van der Waals surface area contributed by atoms with E-state index < -0.39 is 6.04 Å². The van der Waals surface area contributed by atoms with Crippen LogP contribution >= 0.6 is 11.6 Å². The maximum atomic E-state index is 13.1. The first-order chi connectivity index (χ1) is 19.3. The van der Waals surface area contributed by atoms with E-state index in [4.69, 9.17) is 11.6 Å². The van der Waals surface area contributed by atoms with E-state index in [0.717, 1.165) is 75.0 Å². The van der Waals surface area contributed by atoms with Crippen LogP contribution in [0.15, 0.2) is 36.4 Å². The topological polar surface area (TPSA) is 98.8 Å². The molecule has 3 heterocycles. The lowest BCUT2D eigenvalue weighted by molar-refractivity contribution is -0.136. The third kappa shape index (κ3) is 5.93. The molecule has 0 saturated carbocycles. The van der Waals surface area contributed by atoms with Crippen LogP contribution in [0.2, 0.25) is 5.02 Å². The van der Waals surface area contributed by atoms with Gasteiger partial charge in [0.05, 0.1) is 0 Å². The largest absolute Gasteiger partial charge is 0.328 e. The molecule has 8 nitrogen and oxygen atoms in total. The van der Waals surface area contributed by atoms with Crippen LogP contribution in [0.4, 0.5) is 5.69 Å². The summed E-state index contributed by atoms with van der Waals surface area (Å²) in [5, 5.41) is 5.81. The number of anilines is 1. The van der Waals surface area contributed by atoms with Crippen molar-refractivity contribution in [2.24, 2.45) is 0 Å². The van der Waals surface area contributed by atoms with Crippen molar-refractivity contribution in [3.05, 3.63) is 63.7 Å². The summed E-state index contributed by atoms with van der Waals surface area (Å²) in [4.78, 5) is 52.2. The van der Waals surface area contributed by atoms with Gasteiger partial charge in [-0.25, -0.2) is 0 Å². The van der Waals surface area contributed by atoms with Crippen LogP contribution in [0.5, 0.6) is 0 Å². The van der Waals surface area contributed by atoms with Crippen molar-refractivity contribution in [1.29, 1.82) is 0 Å². The Kier molecular flexibility index (Phi) is 8.57. The third-order valence-corrected chi connectivity index (χ3v) is 9.14. The highest BCUT2D eigenvalue weighted by atomic mass is 35.5. The number of benzene rings is 2. The number of carbonyl (C=O) groups excluding carboxylic acids is 4. The van der Waals surface area contributed by atoms with E-state index in [0.29, 0.717) is 30.0 Å². The van der Waals surface area contributed by atoms with Crippen molar-refractivity contribution in [2.45, 2.75) is 76.3 Å². The maximum Gasteiger partial charge on any atom is 0.255 e. The lowest BCUT2D eigenvalue weighted by Gasteiger charge is -2.40. The lowest BCUT2D eigenvalue weighted by Crippen LogP contribution is -2.52. The zero-order valence-electron chi connectivity index (χ0n) is 23.0. The molecule has 3 aliphatic heterocycles. The first kappa shape index (κ1) is 28.3. The van der Waals surface area contributed by atoms with Gasteiger partial charge in [-0.1, -0.05) is 43.1 Å². The van der Waals surface area contributed by atoms with E-state index in [1.165, 1.54) is 5.56 Å². The summed E-state index contributed by atoms with van der Waals surface area (Å²) in [5.41, 5.74) is 4.83. The Labute approximate surface area is 240 Å². The molecular weight excluding hydrogens is 528 g/mol. The van der Waals surface area contributed by atoms with Crippen LogP contribution < -0.4 is 10.6 Å². The maximum absolute atomic E-state index is 13.1. The molecule has 2 aromatic rings. The minimum Gasteiger partial charge on any atom is -0.328 e. The van der Waals surface area contributed by atoms with Gasteiger partial charge in [-0.2, -0.15) is 0 Å². The average Bonchev–Trinajstić information content (AvgIpc) is 3.26. The standard InChI is InChI=1S/C31H37ClN4O4/c1-31(25-10-9-22(32)18-26(25)33-20-37)13-16-35(17-14-31)15-4-2-3-6-21-7-5-8-23-24(21)19-36(30(23)40)27-11-12-28(38)34-29(27)39/h5,7-10,18,20,27H,2-4,6,11-17,19H2,1H3,(H,33,37)(H,34,38,39). The molecule has 0 aromatic heterocycles. The molecule has 0 radical (unpaired) electrons. The Morgan fingerprint density at radius 1 is 1.10 bits per heavy atom. The van der Waals surface area contributed by atoms with Crippen molar-refractivity contribution in [1.82, 2.24) is 15.1 Å². The summed E-state index contributed by atoms with van der Waals surface area (Å²) in [7, 11) is 0. The summed E-state index contributed by atoms with van der Waals surface area (Å²) in [6.07, 6.45) is 7.57. The van der Waals surface area contributed by atoms with E-state index in [9.17, 15) is 19.2 Å². The molecule has 1 unspecified atom stereocenters. The van der Waals surface area contributed by atoms with Crippen LogP contribution in [0.1, 0.15) is 78.9 Å². The first-order valence-corrected chi connectivity index (χ1v) is 14.6. The molecule has 4 amide bonds. The zero-order chi connectivity index (χ0) is 28.3. The molecule has 3 aliphatic rings. The summed E-state index contributed by atoms with van der Waals surface area (Å²) >= 11 is 6.16. The highest BCUT2D eigenvalue weighted by Gasteiger charge is 2.39. The number of hydrogen-bond acceptors (Lipinski definition) is 5. The number of amides is 4. The van der Waals surface area contributed by atoms with E-state index >= 15 is 0 Å². The second-order valence-electron chi connectivity index (χ2n) is 11.5. The van der Waals surface area contributed by atoms with E-state index in [1.54, 1.807) is 4.90 Å². The third-order valence-electron chi connectivity index (χ3n) is 8.91. The number of piperidine rings is 2. The van der Waals surface area contributed by atoms with Gasteiger partial charge in [0.2, 0.25) is 18.2 Å². The van der Waals surface area contributed by atoms with Gasteiger partial charge < -0.3 is 15.1 Å². The minimum absolute atomic E-state index is 0.000727. The molecule has 5 rings (SSSR count). The molecule has 0 spiro atoms. The SMILES string of the molecule is CC1(c2ccc(Cl)cc2NC=O)CCN(CCCCCc2cccc3c2CN(C2CCC(=O)NC2=O)C3=O)CC1. The Hall–Kier alpha value is -3.23. The van der Waals surface area contributed by atoms with Gasteiger partial charge in [0.25, 0.3) is 5.91 Å². The van der Waals surface area contributed by atoms with E-state index in [1.807, 2.05) is 30.3 Å². The van der Waals surface area contributed by atoms with Gasteiger partial charge in [-0.3, -0.25) is 24.5 Å². The fraction of sp³-hybridized carbons (Fsp3) is 0.484. The first-order valence-electron chi connectivity index (χ1n) is 14.3. The number of imide groups is 1. The highest BCUT2D eigenvalue weighted by molar-refractivity contribution is 6.31. The smallest absolute Gasteiger partial charge is 0.255 e. The van der Waals surface area contributed by atoms with E-state index in [-0.39, 0.29) is 29.6 Å². The van der Waals surface area contributed by atoms with Crippen LogP contribution in [0.25, 0.3) is 0 Å². The predicted octanol–water partition coefficient (Wildman–Crippen LogP) is 4.44. The number of nitrogens with zero attached hydrogens (tertiary/aromatic N) is 2. The van der Waals surface area contributed by atoms with Crippen molar-refractivity contribution >= 4 is 41.4 Å². The molecule has 2 fully saturated rings. The summed E-state index contributed by atoms with van der Waals surface area (Å²) in [6, 6.07) is 11.1. The normalized spacial score (nSPS) is 20.8. The fourth-order valence-electron chi connectivity index (χ4n) is 6.48. The Morgan fingerprint density at radius 3 is 2.65 bits per heavy atom. The zero-order valence-corrected chi connectivity index (χ0v) is 23.8. The van der Waals surface area contributed by atoms with Gasteiger partial charge >= 0.3 is 0 Å². The molecular formula is C31H37ClN4O4. The monoisotopic (exact) mass is 564 g/mol. The van der Waals surface area contributed by atoms with Crippen molar-refractivity contribution in [3.8, 4) is 0 Å². The molecule has 2 N–H and O–H groups in total. The van der Waals surface area contributed by atoms with Crippen LogP contribution in [0.3, 0.4) is 0 Å². The molecule has 0 bridgehead atoms. The van der Waals surface area contributed by atoms with Crippen LogP contribution in [0, 0.1) is 0 Å². The van der Waals surface area contributed by atoms with Gasteiger partial charge in [-0.15, -0.1) is 0 Å². The van der Waals surface area contributed by atoms with Crippen molar-refractivity contribution in [3.63, 3.8) is 0 Å². The van der Waals surface area contributed by atoms with Crippen LogP contribution in [-0.2, 0) is 32.8 Å². The highest BCUT2D eigenvalue weighted by Crippen LogP contribution is 2.40. The molecule has 2 aromatic carbocycles. The number of nitrogens with one attached hydrogen (secondary N) is 2. The van der Waals surface area contributed by atoms with Gasteiger partial charge in [0.15, 0.2) is 0 Å². The minimum atomic E-state index is -0.579. The summed E-state index contributed by atoms with van der Waals surface area (Å²) in [5.74, 6) is -0.758. The van der Waals surface area contributed by atoms with Crippen molar-refractivity contribution in [2.75, 3.05) is 25.0 Å². The number of unbranched alkanes of at least 4 members (excludes halogenated alkanes) is 2. The van der Waals surface area contributed by atoms with E-state index in [2.05, 4.69) is 28.5 Å².